The van der Waals surface area contributed by atoms with Crippen LogP contribution in [0.4, 0.5) is 0 Å². The SMILES string of the molecule is CCn1nc(C)c(Br)c1CN(C)CC(C)Br. The fourth-order valence-electron chi connectivity index (χ4n) is 1.77. The second-order valence-electron chi connectivity index (χ2n) is 4.14. The lowest BCUT2D eigenvalue weighted by Gasteiger charge is -2.18. The summed E-state index contributed by atoms with van der Waals surface area (Å²) in [7, 11) is 2.13. The smallest absolute Gasteiger partial charge is 0.0739 e. The molecule has 0 spiro atoms. The number of alkyl halides is 1. The maximum Gasteiger partial charge on any atom is 0.0739 e. The van der Waals surface area contributed by atoms with E-state index in [0.717, 1.165) is 29.8 Å². The number of hydrogen-bond acceptors (Lipinski definition) is 2. The molecular weight excluding hydrogens is 334 g/mol. The highest BCUT2D eigenvalue weighted by Crippen LogP contribution is 2.22. The van der Waals surface area contributed by atoms with Gasteiger partial charge in [-0.05, 0) is 36.8 Å². The third-order valence-corrected chi connectivity index (χ3v) is 3.76. The van der Waals surface area contributed by atoms with Crippen molar-refractivity contribution in [1.29, 1.82) is 0 Å². The van der Waals surface area contributed by atoms with Crippen LogP contribution in [0.2, 0.25) is 0 Å². The van der Waals surface area contributed by atoms with Gasteiger partial charge < -0.3 is 0 Å². The van der Waals surface area contributed by atoms with Gasteiger partial charge in [0, 0.05) is 24.5 Å². The Kier molecular flexibility index (Phi) is 5.47. The molecule has 0 fully saturated rings. The Bertz CT molecular complexity index is 347. The van der Waals surface area contributed by atoms with Crippen molar-refractivity contribution in [1.82, 2.24) is 14.7 Å². The van der Waals surface area contributed by atoms with Gasteiger partial charge in [-0.2, -0.15) is 5.10 Å². The first-order valence-corrected chi connectivity index (χ1v) is 7.21. The Hall–Kier alpha value is 0.130. The zero-order valence-corrected chi connectivity index (χ0v) is 13.5. The average molecular weight is 353 g/mol. The fraction of sp³-hybridized carbons (Fsp3) is 0.727. The maximum absolute atomic E-state index is 4.49. The van der Waals surface area contributed by atoms with Crippen LogP contribution in [0, 0.1) is 6.92 Å². The molecule has 0 saturated carbocycles. The summed E-state index contributed by atoms with van der Waals surface area (Å²) in [6.07, 6.45) is 0. The summed E-state index contributed by atoms with van der Waals surface area (Å²) in [6.45, 7) is 9.18. The van der Waals surface area contributed by atoms with Gasteiger partial charge in [-0.15, -0.1) is 0 Å². The first-order valence-electron chi connectivity index (χ1n) is 5.50. The molecule has 1 atom stereocenters. The minimum atomic E-state index is 0.510. The normalized spacial score (nSPS) is 13.4. The van der Waals surface area contributed by atoms with Crippen molar-refractivity contribution in [3.63, 3.8) is 0 Å². The van der Waals surface area contributed by atoms with E-state index in [-0.39, 0.29) is 0 Å². The standard InChI is InChI=1S/C11H19Br2N3/c1-5-16-10(11(13)9(3)14-16)7-15(4)6-8(2)12/h8H,5-7H2,1-4H3. The van der Waals surface area contributed by atoms with E-state index in [4.69, 9.17) is 0 Å². The molecule has 1 aromatic rings. The van der Waals surface area contributed by atoms with Crippen molar-refractivity contribution in [3.05, 3.63) is 15.9 Å². The minimum absolute atomic E-state index is 0.510. The quantitative estimate of drug-likeness (QED) is 0.759. The number of aromatic nitrogens is 2. The molecule has 0 aromatic carbocycles. The lowest BCUT2D eigenvalue weighted by molar-refractivity contribution is 0.320. The molecule has 0 aliphatic rings. The average Bonchev–Trinajstić information content (AvgIpc) is 2.44. The van der Waals surface area contributed by atoms with E-state index in [1.54, 1.807) is 0 Å². The van der Waals surface area contributed by atoms with Crippen LogP contribution in [0.25, 0.3) is 0 Å². The highest BCUT2D eigenvalue weighted by atomic mass is 79.9. The fourth-order valence-corrected chi connectivity index (χ4v) is 2.67. The van der Waals surface area contributed by atoms with Crippen molar-refractivity contribution in [2.45, 2.75) is 38.7 Å². The monoisotopic (exact) mass is 351 g/mol. The highest BCUT2D eigenvalue weighted by Gasteiger charge is 2.14. The van der Waals surface area contributed by atoms with Crippen LogP contribution < -0.4 is 0 Å². The van der Waals surface area contributed by atoms with Gasteiger partial charge in [0.05, 0.1) is 15.9 Å². The molecule has 3 nitrogen and oxygen atoms in total. The van der Waals surface area contributed by atoms with E-state index in [9.17, 15) is 0 Å². The molecule has 0 bridgehead atoms. The number of hydrogen-bond donors (Lipinski definition) is 0. The van der Waals surface area contributed by atoms with E-state index in [0.29, 0.717) is 4.83 Å². The van der Waals surface area contributed by atoms with Crippen LogP contribution in [-0.4, -0.2) is 33.1 Å². The van der Waals surface area contributed by atoms with E-state index < -0.39 is 0 Å². The summed E-state index contributed by atoms with van der Waals surface area (Å²) in [5, 5.41) is 4.49. The molecule has 1 heterocycles. The van der Waals surface area contributed by atoms with Gasteiger partial charge in [-0.25, -0.2) is 0 Å². The van der Waals surface area contributed by atoms with E-state index in [1.165, 1.54) is 5.69 Å². The van der Waals surface area contributed by atoms with Crippen LogP contribution in [0.5, 0.6) is 0 Å². The van der Waals surface area contributed by atoms with Crippen LogP contribution >= 0.6 is 31.9 Å². The molecule has 0 aliphatic carbocycles. The number of rotatable bonds is 5. The lowest BCUT2D eigenvalue weighted by atomic mass is 10.3. The second-order valence-corrected chi connectivity index (χ2v) is 6.50. The molecule has 5 heteroatoms. The molecule has 92 valence electrons. The largest absolute Gasteiger partial charge is 0.299 e. The Morgan fingerprint density at radius 3 is 2.62 bits per heavy atom. The molecule has 0 amide bonds. The van der Waals surface area contributed by atoms with Gasteiger partial charge in [0.2, 0.25) is 0 Å². The van der Waals surface area contributed by atoms with Crippen LogP contribution in [0.3, 0.4) is 0 Å². The Labute approximate surface area is 114 Å². The molecule has 1 aromatic heterocycles. The number of halogens is 2. The summed E-state index contributed by atoms with van der Waals surface area (Å²) in [6, 6.07) is 0. The van der Waals surface area contributed by atoms with Crippen LogP contribution in [0.1, 0.15) is 25.2 Å². The summed E-state index contributed by atoms with van der Waals surface area (Å²) in [5.41, 5.74) is 2.33. The Balaban J connectivity index is 2.79. The van der Waals surface area contributed by atoms with Crippen molar-refractivity contribution < 1.29 is 0 Å². The van der Waals surface area contributed by atoms with Crippen molar-refractivity contribution >= 4 is 31.9 Å². The Morgan fingerprint density at radius 1 is 1.50 bits per heavy atom. The number of aryl methyl sites for hydroxylation is 2. The van der Waals surface area contributed by atoms with E-state index in [2.05, 4.69) is 67.4 Å². The third kappa shape index (κ3) is 3.57. The predicted molar refractivity (Wildman–Crippen MR) is 75.1 cm³/mol. The predicted octanol–water partition coefficient (Wildman–Crippen LogP) is 3.19. The van der Waals surface area contributed by atoms with Gasteiger partial charge in [0.15, 0.2) is 0 Å². The van der Waals surface area contributed by atoms with Crippen LogP contribution in [0.15, 0.2) is 4.47 Å². The van der Waals surface area contributed by atoms with Gasteiger partial charge in [-0.1, -0.05) is 22.9 Å². The highest BCUT2D eigenvalue weighted by molar-refractivity contribution is 9.10. The summed E-state index contributed by atoms with van der Waals surface area (Å²) >= 11 is 7.19. The van der Waals surface area contributed by atoms with Gasteiger partial charge in [0.1, 0.15) is 0 Å². The molecule has 1 rings (SSSR count). The first kappa shape index (κ1) is 14.2. The van der Waals surface area contributed by atoms with Gasteiger partial charge >= 0.3 is 0 Å². The second kappa shape index (κ2) is 6.17. The maximum atomic E-state index is 4.49. The summed E-state index contributed by atoms with van der Waals surface area (Å²) < 4.78 is 3.21. The van der Waals surface area contributed by atoms with Crippen molar-refractivity contribution in [2.24, 2.45) is 0 Å². The minimum Gasteiger partial charge on any atom is -0.299 e. The van der Waals surface area contributed by atoms with Crippen molar-refractivity contribution in [2.75, 3.05) is 13.6 Å². The summed E-state index contributed by atoms with van der Waals surface area (Å²) in [4.78, 5) is 2.81. The van der Waals surface area contributed by atoms with E-state index >= 15 is 0 Å². The van der Waals surface area contributed by atoms with Crippen molar-refractivity contribution in [3.8, 4) is 0 Å². The Morgan fingerprint density at radius 2 is 2.12 bits per heavy atom. The molecule has 0 N–H and O–H groups in total. The molecular formula is C11H19Br2N3. The van der Waals surface area contributed by atoms with E-state index in [1.807, 2.05) is 6.92 Å². The third-order valence-electron chi connectivity index (χ3n) is 2.44. The zero-order valence-electron chi connectivity index (χ0n) is 10.3. The number of nitrogens with zero attached hydrogens (tertiary/aromatic N) is 3. The molecule has 0 radical (unpaired) electrons. The van der Waals surface area contributed by atoms with Gasteiger partial charge in [-0.3, -0.25) is 9.58 Å². The first-order chi connectivity index (χ1) is 7.45. The molecule has 0 saturated heterocycles. The molecule has 16 heavy (non-hydrogen) atoms. The summed E-state index contributed by atoms with van der Waals surface area (Å²) in [5.74, 6) is 0. The van der Waals surface area contributed by atoms with Gasteiger partial charge in [0.25, 0.3) is 0 Å². The van der Waals surface area contributed by atoms with Crippen LogP contribution in [-0.2, 0) is 13.1 Å². The lowest BCUT2D eigenvalue weighted by Crippen LogP contribution is -2.25. The zero-order chi connectivity index (χ0) is 12.3. The molecule has 0 aliphatic heterocycles. The molecule has 1 unspecified atom stereocenters. The topological polar surface area (TPSA) is 21.1 Å².